The molecule has 4 nitrogen and oxygen atoms in total. The number of anilines is 1. The summed E-state index contributed by atoms with van der Waals surface area (Å²) in [5, 5.41) is 2.99. The van der Waals surface area contributed by atoms with E-state index >= 15 is 0 Å². The Bertz CT molecular complexity index is 398. The highest BCUT2D eigenvalue weighted by molar-refractivity contribution is 5.95. The normalized spacial score (nSPS) is 11.2. The first kappa shape index (κ1) is 21.3. The number of carbonyl (C=O) groups is 1. The van der Waals surface area contributed by atoms with Crippen LogP contribution in [0.2, 0.25) is 0 Å². The molecule has 0 bridgehead atoms. The Morgan fingerprint density at radius 2 is 1.90 bits per heavy atom. The van der Waals surface area contributed by atoms with Gasteiger partial charge in [-0.25, -0.2) is 0 Å². The maximum absolute atomic E-state index is 12.0. The molecule has 20 heavy (non-hydrogen) atoms. The van der Waals surface area contributed by atoms with Crippen LogP contribution in [0.3, 0.4) is 0 Å². The molecule has 1 unspecified atom stereocenters. The van der Waals surface area contributed by atoms with Crippen LogP contribution in [0.15, 0.2) is 24.3 Å². The number of nitrogens with one attached hydrogen (secondary N) is 1. The summed E-state index contributed by atoms with van der Waals surface area (Å²) in [6.07, 6.45) is 0. The van der Waals surface area contributed by atoms with Crippen LogP contribution in [-0.4, -0.2) is 36.5 Å². The average Bonchev–Trinajstić information content (AvgIpc) is 2.35. The molecule has 1 amide bonds. The van der Waals surface area contributed by atoms with Crippen molar-refractivity contribution < 1.29 is 4.79 Å². The first-order chi connectivity index (χ1) is 8.56. The number of hydrogen-bond donors (Lipinski definition) is 2. The summed E-state index contributed by atoms with van der Waals surface area (Å²) in [4.78, 5) is 14.3. The molecule has 1 aromatic rings. The standard InChI is InChI=1S/C14H23N3O.2ClH/c1-4-17(5-2)10-11(3)16-14(18)12-7-6-8-13(15)9-12;;/h6-9,11H,4-5,10,15H2,1-3H3,(H,16,18);2*1H. The van der Waals surface area contributed by atoms with Gasteiger partial charge < -0.3 is 16.0 Å². The van der Waals surface area contributed by atoms with E-state index in [9.17, 15) is 4.79 Å². The van der Waals surface area contributed by atoms with Gasteiger partial charge >= 0.3 is 0 Å². The number of nitrogen functional groups attached to an aromatic ring is 1. The molecule has 0 radical (unpaired) electrons. The van der Waals surface area contributed by atoms with Crippen molar-refractivity contribution in [2.45, 2.75) is 26.8 Å². The van der Waals surface area contributed by atoms with Gasteiger partial charge in [0.2, 0.25) is 0 Å². The second-order valence-electron chi connectivity index (χ2n) is 4.49. The van der Waals surface area contributed by atoms with Gasteiger partial charge in [0, 0.05) is 23.8 Å². The van der Waals surface area contributed by atoms with E-state index in [0.29, 0.717) is 11.3 Å². The van der Waals surface area contributed by atoms with Crippen molar-refractivity contribution in [1.29, 1.82) is 0 Å². The molecular formula is C14H25Cl2N3O. The lowest BCUT2D eigenvalue weighted by atomic mass is 10.2. The third kappa shape index (κ3) is 6.98. The number of nitrogens with zero attached hydrogens (tertiary/aromatic N) is 1. The van der Waals surface area contributed by atoms with Crippen molar-refractivity contribution in [2.24, 2.45) is 0 Å². The Hall–Kier alpha value is -0.970. The summed E-state index contributed by atoms with van der Waals surface area (Å²) < 4.78 is 0. The molecule has 1 rings (SSSR count). The summed E-state index contributed by atoms with van der Waals surface area (Å²) in [5.74, 6) is -0.0676. The highest BCUT2D eigenvalue weighted by Crippen LogP contribution is 2.06. The summed E-state index contributed by atoms with van der Waals surface area (Å²) in [6.45, 7) is 9.11. The number of benzene rings is 1. The van der Waals surface area contributed by atoms with Crippen molar-refractivity contribution in [3.05, 3.63) is 29.8 Å². The van der Waals surface area contributed by atoms with Crippen LogP contribution >= 0.6 is 24.8 Å². The van der Waals surface area contributed by atoms with E-state index in [1.807, 2.05) is 6.92 Å². The highest BCUT2D eigenvalue weighted by Gasteiger charge is 2.11. The zero-order chi connectivity index (χ0) is 13.5. The summed E-state index contributed by atoms with van der Waals surface area (Å²) >= 11 is 0. The fraction of sp³-hybridized carbons (Fsp3) is 0.500. The molecule has 0 saturated carbocycles. The summed E-state index contributed by atoms with van der Waals surface area (Å²) in [7, 11) is 0. The monoisotopic (exact) mass is 321 g/mol. The van der Waals surface area contributed by atoms with Crippen LogP contribution in [0, 0.1) is 0 Å². The molecule has 0 aromatic heterocycles. The number of rotatable bonds is 6. The van der Waals surface area contributed by atoms with E-state index in [1.54, 1.807) is 24.3 Å². The van der Waals surface area contributed by atoms with Gasteiger partial charge in [0.25, 0.3) is 5.91 Å². The lowest BCUT2D eigenvalue weighted by Gasteiger charge is -2.23. The highest BCUT2D eigenvalue weighted by atomic mass is 35.5. The van der Waals surface area contributed by atoms with Crippen LogP contribution in [0.5, 0.6) is 0 Å². The molecule has 0 aliphatic rings. The van der Waals surface area contributed by atoms with Crippen LogP contribution in [0.4, 0.5) is 5.69 Å². The van der Waals surface area contributed by atoms with Crippen molar-refractivity contribution in [3.63, 3.8) is 0 Å². The van der Waals surface area contributed by atoms with Crippen LogP contribution < -0.4 is 11.1 Å². The molecule has 0 aliphatic carbocycles. The van der Waals surface area contributed by atoms with Gasteiger partial charge in [0.1, 0.15) is 0 Å². The summed E-state index contributed by atoms with van der Waals surface area (Å²) in [5.41, 5.74) is 6.89. The molecule has 0 heterocycles. The van der Waals surface area contributed by atoms with Crippen LogP contribution in [0.1, 0.15) is 31.1 Å². The van der Waals surface area contributed by atoms with E-state index in [-0.39, 0.29) is 36.8 Å². The van der Waals surface area contributed by atoms with Gasteiger partial charge in [-0.05, 0) is 38.2 Å². The molecule has 0 aliphatic heterocycles. The van der Waals surface area contributed by atoms with E-state index in [2.05, 4.69) is 24.1 Å². The number of likely N-dealkylation sites (N-methyl/N-ethyl adjacent to an activating group) is 1. The van der Waals surface area contributed by atoms with E-state index < -0.39 is 0 Å². The van der Waals surface area contributed by atoms with Gasteiger partial charge in [-0.3, -0.25) is 4.79 Å². The molecule has 6 heteroatoms. The maximum atomic E-state index is 12.0. The minimum absolute atomic E-state index is 0. The molecular weight excluding hydrogens is 297 g/mol. The fourth-order valence-corrected chi connectivity index (χ4v) is 1.90. The van der Waals surface area contributed by atoms with Crippen LogP contribution in [-0.2, 0) is 0 Å². The fourth-order valence-electron chi connectivity index (χ4n) is 1.90. The molecule has 3 N–H and O–H groups in total. The lowest BCUT2D eigenvalue weighted by molar-refractivity contribution is 0.0930. The maximum Gasteiger partial charge on any atom is 0.251 e. The van der Waals surface area contributed by atoms with Crippen molar-refractivity contribution in [1.82, 2.24) is 10.2 Å². The lowest BCUT2D eigenvalue weighted by Crippen LogP contribution is -2.41. The number of carbonyl (C=O) groups excluding carboxylic acids is 1. The van der Waals surface area contributed by atoms with Gasteiger partial charge in [0.05, 0.1) is 0 Å². The van der Waals surface area contributed by atoms with Crippen molar-refractivity contribution in [2.75, 3.05) is 25.4 Å². The van der Waals surface area contributed by atoms with Gasteiger partial charge in [-0.2, -0.15) is 0 Å². The summed E-state index contributed by atoms with van der Waals surface area (Å²) in [6, 6.07) is 7.16. The molecule has 116 valence electrons. The largest absolute Gasteiger partial charge is 0.399 e. The average molecular weight is 322 g/mol. The third-order valence-electron chi connectivity index (χ3n) is 2.95. The molecule has 1 aromatic carbocycles. The topological polar surface area (TPSA) is 58.4 Å². The molecule has 1 atom stereocenters. The zero-order valence-corrected chi connectivity index (χ0v) is 13.9. The van der Waals surface area contributed by atoms with Crippen molar-refractivity contribution in [3.8, 4) is 0 Å². The Labute approximate surface area is 133 Å². The van der Waals surface area contributed by atoms with Crippen LogP contribution in [0.25, 0.3) is 0 Å². The first-order valence-electron chi connectivity index (χ1n) is 6.45. The Morgan fingerprint density at radius 1 is 1.30 bits per heavy atom. The van der Waals surface area contributed by atoms with Gasteiger partial charge in [-0.1, -0.05) is 19.9 Å². The third-order valence-corrected chi connectivity index (χ3v) is 2.95. The Kier molecular flexibility index (Phi) is 11.5. The smallest absolute Gasteiger partial charge is 0.251 e. The van der Waals surface area contributed by atoms with Gasteiger partial charge in [0.15, 0.2) is 0 Å². The first-order valence-corrected chi connectivity index (χ1v) is 6.45. The number of amides is 1. The molecule has 0 saturated heterocycles. The van der Waals surface area contributed by atoms with E-state index in [1.165, 1.54) is 0 Å². The minimum atomic E-state index is -0.0676. The molecule has 0 fully saturated rings. The predicted octanol–water partition coefficient (Wildman–Crippen LogP) is 2.57. The quantitative estimate of drug-likeness (QED) is 0.792. The number of nitrogens with two attached hydrogens (primary N) is 1. The zero-order valence-electron chi connectivity index (χ0n) is 12.3. The Balaban J connectivity index is 0. The number of hydrogen-bond acceptors (Lipinski definition) is 3. The van der Waals surface area contributed by atoms with Gasteiger partial charge in [-0.15, -0.1) is 24.8 Å². The van der Waals surface area contributed by atoms with E-state index in [0.717, 1.165) is 19.6 Å². The Morgan fingerprint density at radius 3 is 2.40 bits per heavy atom. The van der Waals surface area contributed by atoms with E-state index in [4.69, 9.17) is 5.73 Å². The molecule has 0 spiro atoms. The minimum Gasteiger partial charge on any atom is -0.399 e. The van der Waals surface area contributed by atoms with Crippen molar-refractivity contribution >= 4 is 36.4 Å². The second kappa shape index (κ2) is 10.8. The second-order valence-corrected chi connectivity index (χ2v) is 4.49. The predicted molar refractivity (Wildman–Crippen MR) is 90.1 cm³/mol. The number of halogens is 2. The SMILES string of the molecule is CCN(CC)CC(C)NC(=O)c1cccc(N)c1.Cl.Cl.